The average Bonchev–Trinajstić information content (AvgIpc) is 2.22. The zero-order valence-electron chi connectivity index (χ0n) is 8.93. The first-order valence-corrected chi connectivity index (χ1v) is 4.84. The summed E-state index contributed by atoms with van der Waals surface area (Å²) >= 11 is 0. The van der Waals surface area contributed by atoms with Crippen LogP contribution in [-0.2, 0) is 0 Å². The van der Waals surface area contributed by atoms with Gasteiger partial charge in [-0.1, -0.05) is 12.1 Å². The van der Waals surface area contributed by atoms with Crippen LogP contribution >= 0.6 is 0 Å². The second-order valence-corrected chi connectivity index (χ2v) is 3.30. The van der Waals surface area contributed by atoms with E-state index in [9.17, 15) is 9.18 Å². The number of hydrogen-bond acceptors (Lipinski definition) is 2. The predicted octanol–water partition coefficient (Wildman–Crippen LogP) is 1.08. The first-order chi connectivity index (χ1) is 7.16. The van der Waals surface area contributed by atoms with Crippen molar-refractivity contribution in [3.05, 3.63) is 35.1 Å². The Morgan fingerprint density at radius 1 is 1.40 bits per heavy atom. The normalized spacial score (nSPS) is 10.1. The van der Waals surface area contributed by atoms with E-state index in [0.29, 0.717) is 18.7 Å². The molecule has 1 aromatic rings. The van der Waals surface area contributed by atoms with E-state index in [1.165, 1.54) is 6.07 Å². The van der Waals surface area contributed by atoms with Gasteiger partial charge in [-0.3, -0.25) is 4.79 Å². The minimum Gasteiger partial charge on any atom is -0.351 e. The number of amides is 1. The molecular weight excluding hydrogens is 195 g/mol. The van der Waals surface area contributed by atoms with E-state index in [1.807, 2.05) is 0 Å². The molecule has 3 nitrogen and oxygen atoms in total. The van der Waals surface area contributed by atoms with Crippen LogP contribution in [0.15, 0.2) is 18.2 Å². The van der Waals surface area contributed by atoms with Gasteiger partial charge in [0.25, 0.3) is 5.91 Å². The molecule has 0 aliphatic heterocycles. The molecule has 0 spiro atoms. The molecule has 4 heteroatoms. The van der Waals surface area contributed by atoms with Gasteiger partial charge >= 0.3 is 0 Å². The molecule has 0 fully saturated rings. The second-order valence-electron chi connectivity index (χ2n) is 3.30. The highest BCUT2D eigenvalue weighted by Crippen LogP contribution is 2.11. The van der Waals surface area contributed by atoms with Crippen LogP contribution < -0.4 is 10.6 Å². The van der Waals surface area contributed by atoms with Crippen molar-refractivity contribution in [1.29, 1.82) is 0 Å². The van der Waals surface area contributed by atoms with Gasteiger partial charge in [-0.05, 0) is 25.6 Å². The minimum absolute atomic E-state index is 0.103. The molecule has 0 saturated heterocycles. The predicted molar refractivity (Wildman–Crippen MR) is 57.4 cm³/mol. The van der Waals surface area contributed by atoms with Gasteiger partial charge in [0.2, 0.25) is 0 Å². The number of aryl methyl sites for hydroxylation is 1. The number of carbonyl (C=O) groups excluding carboxylic acids is 1. The number of likely N-dealkylation sites (N-methyl/N-ethyl adjacent to an activating group) is 1. The molecule has 0 aliphatic rings. The zero-order valence-corrected chi connectivity index (χ0v) is 8.93. The highest BCUT2D eigenvalue weighted by Gasteiger charge is 2.11. The highest BCUT2D eigenvalue weighted by atomic mass is 19.1. The van der Waals surface area contributed by atoms with Crippen molar-refractivity contribution in [1.82, 2.24) is 10.6 Å². The molecule has 0 heterocycles. The van der Waals surface area contributed by atoms with Crippen LogP contribution in [0.4, 0.5) is 4.39 Å². The lowest BCUT2D eigenvalue weighted by Crippen LogP contribution is -2.31. The third-order valence-corrected chi connectivity index (χ3v) is 2.10. The molecule has 1 amide bonds. The Labute approximate surface area is 88.7 Å². The third kappa shape index (κ3) is 3.02. The van der Waals surface area contributed by atoms with Gasteiger partial charge in [-0.2, -0.15) is 0 Å². The summed E-state index contributed by atoms with van der Waals surface area (Å²) in [4.78, 5) is 11.5. The van der Waals surface area contributed by atoms with Crippen molar-refractivity contribution in [2.24, 2.45) is 0 Å². The standard InChI is InChI=1S/C11H15FN2O/c1-8-4-3-5-9(10(8)12)11(15)14-7-6-13-2/h3-5,13H,6-7H2,1-2H3,(H,14,15). The van der Waals surface area contributed by atoms with Gasteiger partial charge in [0.05, 0.1) is 5.56 Å². The van der Waals surface area contributed by atoms with Crippen LogP contribution in [-0.4, -0.2) is 26.0 Å². The maximum absolute atomic E-state index is 13.5. The van der Waals surface area contributed by atoms with E-state index >= 15 is 0 Å². The lowest BCUT2D eigenvalue weighted by Gasteiger charge is -2.06. The monoisotopic (exact) mass is 210 g/mol. The summed E-state index contributed by atoms with van der Waals surface area (Å²) < 4.78 is 13.5. The number of rotatable bonds is 4. The molecule has 0 bridgehead atoms. The first-order valence-electron chi connectivity index (χ1n) is 4.84. The Morgan fingerprint density at radius 2 is 2.13 bits per heavy atom. The molecule has 0 saturated carbocycles. The number of nitrogens with one attached hydrogen (secondary N) is 2. The maximum atomic E-state index is 13.5. The zero-order chi connectivity index (χ0) is 11.3. The molecule has 0 unspecified atom stereocenters. The fourth-order valence-corrected chi connectivity index (χ4v) is 1.22. The molecule has 1 aromatic carbocycles. The summed E-state index contributed by atoms with van der Waals surface area (Å²) in [7, 11) is 1.79. The number of benzene rings is 1. The molecule has 0 aromatic heterocycles. The summed E-state index contributed by atoms with van der Waals surface area (Å²) in [6.45, 7) is 2.79. The lowest BCUT2D eigenvalue weighted by molar-refractivity contribution is 0.0950. The Hall–Kier alpha value is -1.42. The van der Waals surface area contributed by atoms with E-state index in [-0.39, 0.29) is 11.5 Å². The van der Waals surface area contributed by atoms with E-state index in [0.717, 1.165) is 0 Å². The van der Waals surface area contributed by atoms with Crippen LogP contribution in [0.3, 0.4) is 0 Å². The number of halogens is 1. The quantitative estimate of drug-likeness (QED) is 0.730. The van der Waals surface area contributed by atoms with Gasteiger partial charge in [-0.15, -0.1) is 0 Å². The molecule has 2 N–H and O–H groups in total. The van der Waals surface area contributed by atoms with E-state index in [4.69, 9.17) is 0 Å². The van der Waals surface area contributed by atoms with Crippen LogP contribution in [0.25, 0.3) is 0 Å². The molecule has 0 aliphatic carbocycles. The Balaban J connectivity index is 2.69. The van der Waals surface area contributed by atoms with Gasteiger partial charge in [0.15, 0.2) is 0 Å². The Morgan fingerprint density at radius 3 is 2.80 bits per heavy atom. The number of hydrogen-bond donors (Lipinski definition) is 2. The maximum Gasteiger partial charge on any atom is 0.254 e. The second kappa shape index (κ2) is 5.46. The third-order valence-electron chi connectivity index (χ3n) is 2.10. The molecule has 15 heavy (non-hydrogen) atoms. The topological polar surface area (TPSA) is 41.1 Å². The highest BCUT2D eigenvalue weighted by molar-refractivity contribution is 5.94. The van der Waals surface area contributed by atoms with E-state index < -0.39 is 5.82 Å². The van der Waals surface area contributed by atoms with Crippen molar-refractivity contribution in [2.45, 2.75) is 6.92 Å². The summed E-state index contributed by atoms with van der Waals surface area (Å²) in [5.41, 5.74) is 0.586. The number of carbonyl (C=O) groups is 1. The van der Waals surface area contributed by atoms with Crippen molar-refractivity contribution < 1.29 is 9.18 Å². The van der Waals surface area contributed by atoms with Crippen LogP contribution in [0.1, 0.15) is 15.9 Å². The fourth-order valence-electron chi connectivity index (χ4n) is 1.22. The van der Waals surface area contributed by atoms with Crippen molar-refractivity contribution in [3.8, 4) is 0 Å². The molecule has 0 radical (unpaired) electrons. The Bertz CT molecular complexity index is 352. The Kier molecular flexibility index (Phi) is 4.24. The lowest BCUT2D eigenvalue weighted by atomic mass is 10.1. The van der Waals surface area contributed by atoms with Gasteiger partial charge < -0.3 is 10.6 Å². The van der Waals surface area contributed by atoms with Crippen LogP contribution in [0.5, 0.6) is 0 Å². The molecular formula is C11H15FN2O. The summed E-state index contributed by atoms with van der Waals surface area (Å²) in [5, 5.41) is 5.52. The van der Waals surface area contributed by atoms with E-state index in [2.05, 4.69) is 10.6 Å². The SMILES string of the molecule is CNCCNC(=O)c1cccc(C)c1F. The first kappa shape index (κ1) is 11.7. The van der Waals surface area contributed by atoms with Crippen LogP contribution in [0, 0.1) is 12.7 Å². The largest absolute Gasteiger partial charge is 0.351 e. The minimum atomic E-state index is -0.445. The summed E-state index contributed by atoms with van der Waals surface area (Å²) in [5.74, 6) is -0.814. The average molecular weight is 210 g/mol. The summed E-state index contributed by atoms with van der Waals surface area (Å²) in [6.07, 6.45) is 0. The van der Waals surface area contributed by atoms with Gasteiger partial charge in [0, 0.05) is 13.1 Å². The summed E-state index contributed by atoms with van der Waals surface area (Å²) in [6, 6.07) is 4.79. The molecule has 1 rings (SSSR count). The fraction of sp³-hybridized carbons (Fsp3) is 0.364. The smallest absolute Gasteiger partial charge is 0.254 e. The van der Waals surface area contributed by atoms with Gasteiger partial charge in [-0.25, -0.2) is 4.39 Å². The molecule has 82 valence electrons. The van der Waals surface area contributed by atoms with Crippen molar-refractivity contribution >= 4 is 5.91 Å². The molecule has 0 atom stereocenters. The van der Waals surface area contributed by atoms with Gasteiger partial charge in [0.1, 0.15) is 5.82 Å². The van der Waals surface area contributed by atoms with Crippen molar-refractivity contribution in [2.75, 3.05) is 20.1 Å². The van der Waals surface area contributed by atoms with Crippen LogP contribution in [0.2, 0.25) is 0 Å². The van der Waals surface area contributed by atoms with Crippen molar-refractivity contribution in [3.63, 3.8) is 0 Å². The van der Waals surface area contributed by atoms with E-state index in [1.54, 1.807) is 26.1 Å².